The van der Waals surface area contributed by atoms with E-state index in [4.69, 9.17) is 22.2 Å². The van der Waals surface area contributed by atoms with E-state index in [2.05, 4.69) is 126 Å². The Morgan fingerprint density at radius 1 is 0.528 bits per heavy atom. The number of benzene rings is 4. The van der Waals surface area contributed by atoms with Gasteiger partial charge in [0.2, 0.25) is 7.42 Å². The fourth-order valence-electron chi connectivity index (χ4n) is 6.30. The van der Waals surface area contributed by atoms with E-state index in [-0.39, 0.29) is 0 Å². The minimum atomic E-state index is -2.25. The van der Waals surface area contributed by atoms with E-state index in [1.807, 2.05) is 0 Å². The minimum absolute atomic E-state index is 0.980. The van der Waals surface area contributed by atoms with E-state index in [9.17, 15) is 0 Å². The maximum atomic E-state index is 6.28. The Morgan fingerprint density at radius 3 is 1.17 bits per heavy atom. The zero-order valence-electron chi connectivity index (χ0n) is 20.6. The highest BCUT2D eigenvalue weighted by Crippen LogP contribution is 2.37. The molecule has 0 aliphatic carbocycles. The molecule has 5 rings (SSSR count). The Labute approximate surface area is 228 Å². The van der Waals surface area contributed by atoms with Crippen LogP contribution in [0.5, 0.6) is 0 Å². The van der Waals surface area contributed by atoms with E-state index in [0.717, 1.165) is 25.4 Å². The van der Waals surface area contributed by atoms with Crippen molar-refractivity contribution in [2.24, 2.45) is 0 Å². The Bertz CT molecular complexity index is 1050. The standard InChI is InChI=1S/C30H33Cl2NSi3/c31-34(32)24-14-13-23-33-35(27-15-5-1-6-16-27,28-17-7-2-8-18-28)25-26-36(33,29-19-9-3-10-20-29)30-21-11-4-12-22-30/h1-12,15-22,34H,13-14,23-26H2. The maximum absolute atomic E-state index is 6.28. The summed E-state index contributed by atoms with van der Waals surface area (Å²) in [5, 5.41) is 6.11. The molecule has 0 aromatic heterocycles. The van der Waals surface area contributed by atoms with Gasteiger partial charge in [-0.1, -0.05) is 128 Å². The average Bonchev–Trinajstić information content (AvgIpc) is 3.30. The zero-order chi connectivity index (χ0) is 24.8. The van der Waals surface area contributed by atoms with E-state index >= 15 is 0 Å². The summed E-state index contributed by atoms with van der Waals surface area (Å²) in [6.45, 7) is 1.08. The molecule has 0 spiro atoms. The van der Waals surface area contributed by atoms with Crippen molar-refractivity contribution in [2.75, 3.05) is 6.54 Å². The van der Waals surface area contributed by atoms with Gasteiger partial charge in [0.15, 0.2) is 16.5 Å². The van der Waals surface area contributed by atoms with Crippen molar-refractivity contribution >= 4 is 66.8 Å². The second-order valence-electron chi connectivity index (χ2n) is 9.72. The lowest BCUT2D eigenvalue weighted by Crippen LogP contribution is -2.78. The zero-order valence-corrected chi connectivity index (χ0v) is 25.2. The molecule has 1 saturated heterocycles. The molecular formula is C30H33Cl2NSi3. The first-order chi connectivity index (χ1) is 17.7. The van der Waals surface area contributed by atoms with Crippen LogP contribution in [0, 0.1) is 0 Å². The fourth-order valence-corrected chi connectivity index (χ4v) is 23.2. The van der Waals surface area contributed by atoms with Gasteiger partial charge in [0.1, 0.15) is 0 Å². The lowest BCUT2D eigenvalue weighted by molar-refractivity contribution is 0.596. The van der Waals surface area contributed by atoms with Gasteiger partial charge in [0, 0.05) is 0 Å². The first-order valence-corrected chi connectivity index (χ1v) is 21.6. The van der Waals surface area contributed by atoms with Crippen molar-refractivity contribution in [3.63, 3.8) is 0 Å². The van der Waals surface area contributed by atoms with Gasteiger partial charge in [-0.3, -0.25) is 0 Å². The fraction of sp³-hybridized carbons (Fsp3) is 0.200. The third-order valence-corrected chi connectivity index (χ3v) is 22.2. The first-order valence-electron chi connectivity index (χ1n) is 13.0. The third-order valence-electron chi connectivity index (χ3n) is 7.83. The third kappa shape index (κ3) is 4.83. The molecular weight excluding hydrogens is 530 g/mol. The number of rotatable bonds is 9. The minimum Gasteiger partial charge on any atom is -0.331 e. The number of unbranched alkanes of at least 4 members (excludes halogenated alkanes) is 1. The van der Waals surface area contributed by atoms with Crippen LogP contribution in [0.3, 0.4) is 0 Å². The van der Waals surface area contributed by atoms with Crippen LogP contribution in [-0.4, -0.2) is 34.7 Å². The van der Waals surface area contributed by atoms with Gasteiger partial charge < -0.3 is 4.23 Å². The molecule has 4 aromatic rings. The summed E-state index contributed by atoms with van der Waals surface area (Å²) < 4.78 is 3.09. The van der Waals surface area contributed by atoms with Crippen molar-refractivity contribution in [3.8, 4) is 0 Å². The quantitative estimate of drug-likeness (QED) is 0.152. The molecule has 1 aliphatic rings. The Balaban J connectivity index is 1.74. The number of hydrogen-bond acceptors (Lipinski definition) is 1. The molecule has 1 fully saturated rings. The number of nitrogens with zero attached hydrogens (tertiary/aromatic N) is 1. The van der Waals surface area contributed by atoms with Crippen molar-refractivity contribution < 1.29 is 0 Å². The van der Waals surface area contributed by atoms with Gasteiger partial charge >= 0.3 is 0 Å². The van der Waals surface area contributed by atoms with Crippen LogP contribution in [-0.2, 0) is 0 Å². The van der Waals surface area contributed by atoms with Gasteiger partial charge in [-0.25, -0.2) is 0 Å². The summed E-state index contributed by atoms with van der Waals surface area (Å²) in [6, 6.07) is 49.1. The van der Waals surface area contributed by atoms with Crippen LogP contribution in [0.15, 0.2) is 121 Å². The van der Waals surface area contributed by atoms with Gasteiger partial charge in [0.25, 0.3) is 0 Å². The largest absolute Gasteiger partial charge is 0.331 e. The lowest BCUT2D eigenvalue weighted by Gasteiger charge is -2.47. The Morgan fingerprint density at radius 2 is 0.861 bits per heavy atom. The van der Waals surface area contributed by atoms with Crippen LogP contribution in [0.4, 0.5) is 0 Å². The highest BCUT2D eigenvalue weighted by Gasteiger charge is 2.60. The second kappa shape index (κ2) is 11.6. The summed E-state index contributed by atoms with van der Waals surface area (Å²) in [7, 11) is -6.09. The molecule has 6 heteroatoms. The van der Waals surface area contributed by atoms with Crippen LogP contribution in [0.1, 0.15) is 12.8 Å². The number of hydrogen-bond donors (Lipinski definition) is 0. The van der Waals surface area contributed by atoms with Gasteiger partial charge in [-0.15, -0.1) is 0 Å². The van der Waals surface area contributed by atoms with E-state index in [1.54, 1.807) is 0 Å². The van der Waals surface area contributed by atoms with Gasteiger partial charge in [-0.2, -0.15) is 22.2 Å². The second-order valence-corrected chi connectivity index (χ2v) is 23.2. The SMILES string of the molecule is Cl[SiH](Cl)CCCCN1[Si](c2ccccc2)(c2ccccc2)CC[Si]1(c1ccccc1)c1ccccc1. The summed E-state index contributed by atoms with van der Waals surface area (Å²) in [5.74, 6) is 0. The topological polar surface area (TPSA) is 3.24 Å². The molecule has 0 saturated carbocycles. The van der Waals surface area contributed by atoms with Crippen molar-refractivity contribution in [1.29, 1.82) is 0 Å². The van der Waals surface area contributed by atoms with Crippen molar-refractivity contribution in [1.82, 2.24) is 4.23 Å². The van der Waals surface area contributed by atoms with Crippen molar-refractivity contribution in [2.45, 2.75) is 31.0 Å². The monoisotopic (exact) mass is 561 g/mol. The molecule has 36 heavy (non-hydrogen) atoms. The maximum Gasteiger partial charge on any atom is 0.237 e. The molecule has 184 valence electrons. The molecule has 0 unspecified atom stereocenters. The average molecular weight is 563 g/mol. The summed E-state index contributed by atoms with van der Waals surface area (Å²) in [5.41, 5.74) is 0. The molecule has 1 heterocycles. The van der Waals surface area contributed by atoms with Crippen LogP contribution in [0.25, 0.3) is 0 Å². The predicted molar refractivity (Wildman–Crippen MR) is 165 cm³/mol. The van der Waals surface area contributed by atoms with Crippen LogP contribution >= 0.6 is 22.2 Å². The highest BCUT2D eigenvalue weighted by atomic mass is 35.7. The van der Waals surface area contributed by atoms with Crippen LogP contribution in [0.2, 0.25) is 18.1 Å². The molecule has 1 aliphatic heterocycles. The summed E-state index contributed by atoms with van der Waals surface area (Å²) in [6.07, 6.45) is 2.23. The predicted octanol–water partition coefficient (Wildman–Crippen LogP) is 5.30. The van der Waals surface area contributed by atoms with Crippen LogP contribution < -0.4 is 20.7 Å². The molecule has 1 nitrogen and oxygen atoms in total. The van der Waals surface area contributed by atoms with Gasteiger partial charge in [-0.05, 0) is 51.8 Å². The summed E-state index contributed by atoms with van der Waals surface area (Å²) >= 11 is 12.6. The first kappa shape index (κ1) is 25.7. The van der Waals surface area contributed by atoms with E-state index in [1.165, 1.54) is 32.8 Å². The summed E-state index contributed by atoms with van der Waals surface area (Å²) in [4.78, 5) is 0. The molecule has 0 radical (unpaired) electrons. The van der Waals surface area contributed by atoms with E-state index < -0.39 is 23.9 Å². The molecule has 0 amide bonds. The molecule has 4 aromatic carbocycles. The lowest BCUT2D eigenvalue weighted by atomic mass is 10.3. The smallest absolute Gasteiger partial charge is 0.237 e. The Kier molecular flexibility index (Phi) is 8.31. The van der Waals surface area contributed by atoms with Crippen molar-refractivity contribution in [3.05, 3.63) is 121 Å². The normalized spacial score (nSPS) is 16.9. The highest BCUT2D eigenvalue weighted by molar-refractivity contribution is 7.33. The van der Waals surface area contributed by atoms with E-state index in [0.29, 0.717) is 0 Å². The molecule has 0 atom stereocenters. The van der Waals surface area contributed by atoms with Gasteiger partial charge in [0.05, 0.1) is 0 Å². The number of halogens is 2. The Hall–Kier alpha value is -1.93. The molecule has 0 N–H and O–H groups in total. The molecule has 0 bridgehead atoms.